The second-order valence-corrected chi connectivity index (χ2v) is 9.07. The predicted octanol–water partition coefficient (Wildman–Crippen LogP) is 5.17. The van der Waals surface area contributed by atoms with Gasteiger partial charge in [-0.05, 0) is 30.7 Å². The van der Waals surface area contributed by atoms with Gasteiger partial charge >= 0.3 is 0 Å². The van der Waals surface area contributed by atoms with Crippen molar-refractivity contribution in [2.75, 3.05) is 10.6 Å². The van der Waals surface area contributed by atoms with E-state index in [0.717, 1.165) is 5.56 Å². The van der Waals surface area contributed by atoms with Gasteiger partial charge in [-0.2, -0.15) is 0 Å². The Morgan fingerprint density at radius 3 is 2.78 bits per heavy atom. The number of hydrogen-bond acceptors (Lipinski definition) is 6. The first-order chi connectivity index (χ1) is 13.0. The van der Waals surface area contributed by atoms with Gasteiger partial charge in [-0.1, -0.05) is 69.4 Å². The Labute approximate surface area is 172 Å². The highest BCUT2D eigenvalue weighted by atomic mass is 79.9. The first-order valence-corrected chi connectivity index (χ1v) is 10.5. The topological polar surface area (TPSA) is 66.9 Å². The van der Waals surface area contributed by atoms with Crippen molar-refractivity contribution in [2.24, 2.45) is 0 Å². The zero-order valence-electron chi connectivity index (χ0n) is 14.3. The fourth-order valence-electron chi connectivity index (χ4n) is 2.13. The first kappa shape index (κ1) is 19.8. The van der Waals surface area contributed by atoms with Crippen LogP contribution in [0.25, 0.3) is 0 Å². The molecule has 0 saturated heterocycles. The van der Waals surface area contributed by atoms with Crippen LogP contribution in [0, 0.1) is 5.82 Å². The van der Waals surface area contributed by atoms with E-state index in [2.05, 4.69) is 36.8 Å². The summed E-state index contributed by atoms with van der Waals surface area (Å²) in [5.41, 5.74) is 1.30. The maximum absolute atomic E-state index is 13.8. The summed E-state index contributed by atoms with van der Waals surface area (Å²) < 4.78 is 15.1. The van der Waals surface area contributed by atoms with Crippen LogP contribution in [0.2, 0.25) is 0 Å². The van der Waals surface area contributed by atoms with Gasteiger partial charge in [-0.3, -0.25) is 4.79 Å². The molecule has 2 N–H and O–H groups in total. The van der Waals surface area contributed by atoms with Gasteiger partial charge in [0.05, 0.1) is 10.9 Å². The van der Waals surface area contributed by atoms with Crippen LogP contribution in [0.5, 0.6) is 0 Å². The zero-order chi connectivity index (χ0) is 19.2. The molecule has 9 heteroatoms. The molecule has 3 rings (SSSR count). The number of hydrogen-bond donors (Lipinski definition) is 2. The Balaban J connectivity index is 1.53. The second kappa shape index (κ2) is 9.29. The lowest BCUT2D eigenvalue weighted by Crippen LogP contribution is -2.22. The van der Waals surface area contributed by atoms with E-state index in [0.29, 0.717) is 20.5 Å². The minimum absolute atomic E-state index is 0.151. The van der Waals surface area contributed by atoms with Crippen molar-refractivity contribution < 1.29 is 9.18 Å². The molecule has 2 aromatic carbocycles. The van der Waals surface area contributed by atoms with Crippen molar-refractivity contribution in [3.05, 3.63) is 64.4 Å². The van der Waals surface area contributed by atoms with Crippen LogP contribution in [0.15, 0.2) is 57.3 Å². The number of anilines is 2. The zero-order valence-corrected chi connectivity index (χ0v) is 17.5. The molecule has 0 spiro atoms. The molecule has 0 aliphatic carbocycles. The third kappa shape index (κ3) is 5.75. The van der Waals surface area contributed by atoms with Gasteiger partial charge < -0.3 is 10.6 Å². The number of amides is 1. The lowest BCUT2D eigenvalue weighted by atomic mass is 10.2. The van der Waals surface area contributed by atoms with Gasteiger partial charge in [0.1, 0.15) is 5.82 Å². The third-order valence-corrected chi connectivity index (χ3v) is 6.09. The van der Waals surface area contributed by atoms with Gasteiger partial charge in [0.15, 0.2) is 4.34 Å². The van der Waals surface area contributed by atoms with E-state index in [1.165, 1.54) is 35.2 Å². The van der Waals surface area contributed by atoms with Crippen LogP contribution >= 0.6 is 39.0 Å². The fourth-order valence-corrected chi connectivity index (χ4v) is 4.36. The molecule has 1 unspecified atom stereocenters. The summed E-state index contributed by atoms with van der Waals surface area (Å²) in [6.45, 7) is 2.40. The smallest absolute Gasteiger partial charge is 0.237 e. The monoisotopic (exact) mass is 466 g/mol. The van der Waals surface area contributed by atoms with Gasteiger partial charge in [0, 0.05) is 11.0 Å². The molecule has 0 saturated carbocycles. The molecule has 0 fully saturated rings. The van der Waals surface area contributed by atoms with Crippen molar-refractivity contribution in [3.63, 3.8) is 0 Å². The summed E-state index contributed by atoms with van der Waals surface area (Å²) in [5, 5.41) is 14.2. The summed E-state index contributed by atoms with van der Waals surface area (Å²) in [4.78, 5) is 12.3. The minimum Gasteiger partial charge on any atom is -0.356 e. The molecule has 0 radical (unpaired) electrons. The highest BCUT2D eigenvalue weighted by Gasteiger charge is 2.18. The average molecular weight is 467 g/mol. The number of benzene rings is 2. The Bertz CT molecular complexity index is 923. The fraction of sp³-hybridized carbons (Fsp3) is 0.167. The number of carbonyl (C=O) groups is 1. The van der Waals surface area contributed by atoms with Crippen molar-refractivity contribution >= 4 is 55.8 Å². The number of aromatic nitrogens is 2. The lowest BCUT2D eigenvalue weighted by Gasteiger charge is -2.11. The van der Waals surface area contributed by atoms with Gasteiger partial charge in [-0.15, -0.1) is 10.2 Å². The number of halogens is 2. The van der Waals surface area contributed by atoms with E-state index >= 15 is 0 Å². The van der Waals surface area contributed by atoms with Crippen LogP contribution in [0.4, 0.5) is 15.2 Å². The predicted molar refractivity (Wildman–Crippen MR) is 112 cm³/mol. The molecule has 1 aromatic heterocycles. The molecule has 1 amide bonds. The molecular formula is C18H16BrFN4OS2. The highest BCUT2D eigenvalue weighted by Crippen LogP contribution is 2.30. The van der Waals surface area contributed by atoms with Crippen LogP contribution < -0.4 is 10.6 Å². The summed E-state index contributed by atoms with van der Waals surface area (Å²) in [5.74, 6) is -0.784. The van der Waals surface area contributed by atoms with E-state index in [1.807, 2.05) is 30.3 Å². The van der Waals surface area contributed by atoms with Crippen molar-refractivity contribution in [3.8, 4) is 0 Å². The molecule has 1 atom stereocenters. The van der Waals surface area contributed by atoms with E-state index in [1.54, 1.807) is 13.0 Å². The summed E-state index contributed by atoms with van der Waals surface area (Å²) >= 11 is 5.85. The van der Waals surface area contributed by atoms with Crippen LogP contribution in [0.1, 0.15) is 12.5 Å². The molecule has 0 aliphatic rings. The number of carbonyl (C=O) groups excluding carboxylic acids is 1. The lowest BCUT2D eigenvalue weighted by molar-refractivity contribution is -0.115. The molecule has 3 aromatic rings. The Kier molecular flexibility index (Phi) is 6.81. The van der Waals surface area contributed by atoms with Crippen molar-refractivity contribution in [2.45, 2.75) is 23.1 Å². The molecule has 1 heterocycles. The Morgan fingerprint density at radius 2 is 2.04 bits per heavy atom. The van der Waals surface area contributed by atoms with E-state index in [4.69, 9.17) is 0 Å². The quantitative estimate of drug-likeness (QED) is 0.470. The summed E-state index contributed by atoms with van der Waals surface area (Å²) in [6, 6.07) is 14.5. The number of nitrogens with zero attached hydrogens (tertiary/aromatic N) is 2. The normalized spacial score (nSPS) is 11.8. The van der Waals surface area contributed by atoms with Crippen LogP contribution in [-0.2, 0) is 11.3 Å². The SMILES string of the molecule is CC(Sc1nnc(NCc2ccccc2)s1)C(=O)Nc1ccc(Br)cc1F. The summed E-state index contributed by atoms with van der Waals surface area (Å²) in [6.07, 6.45) is 0. The largest absolute Gasteiger partial charge is 0.356 e. The molecule has 0 aliphatic heterocycles. The number of rotatable bonds is 7. The molecular weight excluding hydrogens is 451 g/mol. The molecule has 0 bridgehead atoms. The van der Waals surface area contributed by atoms with Gasteiger partial charge in [-0.25, -0.2) is 4.39 Å². The number of nitrogens with one attached hydrogen (secondary N) is 2. The maximum atomic E-state index is 13.8. The average Bonchev–Trinajstić information content (AvgIpc) is 3.10. The summed E-state index contributed by atoms with van der Waals surface area (Å²) in [7, 11) is 0. The van der Waals surface area contributed by atoms with Gasteiger partial charge in [0.25, 0.3) is 0 Å². The van der Waals surface area contributed by atoms with Gasteiger partial charge in [0.2, 0.25) is 11.0 Å². The van der Waals surface area contributed by atoms with E-state index in [-0.39, 0.29) is 11.6 Å². The Hall–Kier alpha value is -1.97. The standard InChI is InChI=1S/C18H16BrFN4OS2/c1-11(16(25)22-15-8-7-13(19)9-14(15)20)26-18-24-23-17(27-18)21-10-12-5-3-2-4-6-12/h2-9,11H,10H2,1H3,(H,21,23)(H,22,25). The second-order valence-electron chi connectivity index (χ2n) is 5.59. The van der Waals surface area contributed by atoms with E-state index < -0.39 is 11.1 Å². The maximum Gasteiger partial charge on any atom is 0.237 e. The molecule has 27 heavy (non-hydrogen) atoms. The Morgan fingerprint density at radius 1 is 1.26 bits per heavy atom. The van der Waals surface area contributed by atoms with Crippen molar-refractivity contribution in [1.82, 2.24) is 10.2 Å². The highest BCUT2D eigenvalue weighted by molar-refractivity contribution is 9.10. The van der Waals surface area contributed by atoms with Crippen LogP contribution in [-0.4, -0.2) is 21.4 Å². The minimum atomic E-state index is -0.488. The molecule has 5 nitrogen and oxygen atoms in total. The number of thioether (sulfide) groups is 1. The van der Waals surface area contributed by atoms with E-state index in [9.17, 15) is 9.18 Å². The first-order valence-electron chi connectivity index (χ1n) is 8.05. The van der Waals surface area contributed by atoms with Crippen molar-refractivity contribution in [1.29, 1.82) is 0 Å². The third-order valence-electron chi connectivity index (χ3n) is 3.53. The molecule has 140 valence electrons. The van der Waals surface area contributed by atoms with Crippen LogP contribution in [0.3, 0.4) is 0 Å².